The Hall–Kier alpha value is -2.61. The lowest BCUT2D eigenvalue weighted by molar-refractivity contribution is 0.630. The zero-order valence-corrected chi connectivity index (χ0v) is 16.2. The van der Waals surface area contributed by atoms with Gasteiger partial charge in [-0.2, -0.15) is 0 Å². The van der Waals surface area contributed by atoms with Gasteiger partial charge in [0.25, 0.3) is 5.56 Å². The Morgan fingerprint density at radius 3 is 2.54 bits per heavy atom. The molecular formula is C19H9Cl2FN4OS. The van der Waals surface area contributed by atoms with E-state index in [9.17, 15) is 9.18 Å². The van der Waals surface area contributed by atoms with Crippen molar-refractivity contribution in [3.8, 4) is 0 Å². The summed E-state index contributed by atoms with van der Waals surface area (Å²) in [5, 5.41) is 3.44. The summed E-state index contributed by atoms with van der Waals surface area (Å²) in [6.45, 7) is 0. The maximum absolute atomic E-state index is 13.9. The second-order valence-electron chi connectivity index (χ2n) is 6.10. The number of nitrogens with zero attached hydrogens (tertiary/aromatic N) is 2. The summed E-state index contributed by atoms with van der Waals surface area (Å²) in [4.78, 5) is 27.7. The Balaban J connectivity index is 1.81. The van der Waals surface area contributed by atoms with Crippen LogP contribution < -0.4 is 5.56 Å². The first-order valence-electron chi connectivity index (χ1n) is 8.13. The number of benzene rings is 2. The first kappa shape index (κ1) is 17.5. The lowest BCUT2D eigenvalue weighted by Gasteiger charge is -2.05. The number of nitrogens with one attached hydrogen (secondary N) is 2. The van der Waals surface area contributed by atoms with Crippen molar-refractivity contribution in [1.29, 1.82) is 0 Å². The van der Waals surface area contributed by atoms with Crippen LogP contribution in [0.15, 0.2) is 57.4 Å². The van der Waals surface area contributed by atoms with Gasteiger partial charge in [0.2, 0.25) is 0 Å². The van der Waals surface area contributed by atoms with Gasteiger partial charge in [0, 0.05) is 27.3 Å². The van der Waals surface area contributed by atoms with Crippen LogP contribution in [0.2, 0.25) is 10.3 Å². The molecule has 0 saturated carbocycles. The van der Waals surface area contributed by atoms with E-state index in [1.165, 1.54) is 23.9 Å². The fourth-order valence-electron chi connectivity index (χ4n) is 3.29. The Kier molecular flexibility index (Phi) is 4.04. The standard InChI is InChI=1S/C19H9Cl2FN4OS/c20-13-6-9(7-14(21)24-13)28-19-25-16-10-2-1-8(22)5-12(10)15-11(17(16)26-19)3-4-23-18(15)27/h1-7H,(H,23,27)(H,25,26). The molecule has 0 amide bonds. The predicted octanol–water partition coefficient (Wildman–Crippen LogP) is 5.55. The van der Waals surface area contributed by atoms with Gasteiger partial charge in [-0.15, -0.1) is 0 Å². The molecule has 5 aromatic rings. The summed E-state index contributed by atoms with van der Waals surface area (Å²) in [5.74, 6) is -0.411. The Bertz CT molecular complexity index is 1440. The minimum atomic E-state index is -0.411. The van der Waals surface area contributed by atoms with Crippen molar-refractivity contribution in [3.63, 3.8) is 0 Å². The third-order valence-electron chi connectivity index (χ3n) is 4.37. The number of imidazole rings is 1. The molecule has 2 aromatic carbocycles. The molecule has 0 aliphatic carbocycles. The fourth-order valence-corrected chi connectivity index (χ4v) is 4.73. The third-order valence-corrected chi connectivity index (χ3v) is 5.61. The van der Waals surface area contributed by atoms with Gasteiger partial charge in [0.05, 0.1) is 16.4 Å². The van der Waals surface area contributed by atoms with E-state index in [1.807, 2.05) is 0 Å². The molecule has 9 heteroatoms. The van der Waals surface area contributed by atoms with E-state index in [0.717, 1.165) is 10.4 Å². The quantitative estimate of drug-likeness (QED) is 0.284. The molecule has 3 heterocycles. The predicted molar refractivity (Wildman–Crippen MR) is 110 cm³/mol. The van der Waals surface area contributed by atoms with Crippen LogP contribution in [-0.2, 0) is 0 Å². The van der Waals surface area contributed by atoms with E-state index in [2.05, 4.69) is 19.9 Å². The SMILES string of the molecule is O=c1[nH]ccc2c3nc(Sc4cc(Cl)nc(Cl)c4)[nH]c3c3ccc(F)cc3c12. The zero-order valence-electron chi connectivity index (χ0n) is 13.9. The van der Waals surface area contributed by atoms with Crippen molar-refractivity contribution in [1.82, 2.24) is 19.9 Å². The molecule has 0 aliphatic heterocycles. The zero-order chi connectivity index (χ0) is 19.4. The van der Waals surface area contributed by atoms with Crippen LogP contribution in [0, 0.1) is 5.82 Å². The first-order chi connectivity index (χ1) is 13.5. The number of pyridine rings is 2. The summed E-state index contributed by atoms with van der Waals surface area (Å²) in [6, 6.07) is 9.50. The molecule has 0 radical (unpaired) electrons. The monoisotopic (exact) mass is 430 g/mol. The number of fused-ring (bicyclic) bond motifs is 6. The van der Waals surface area contributed by atoms with Crippen LogP contribution in [-0.4, -0.2) is 19.9 Å². The largest absolute Gasteiger partial charge is 0.332 e. The molecule has 0 aliphatic rings. The molecule has 0 fully saturated rings. The van der Waals surface area contributed by atoms with E-state index in [0.29, 0.717) is 32.2 Å². The van der Waals surface area contributed by atoms with Gasteiger partial charge in [-0.25, -0.2) is 14.4 Å². The molecular weight excluding hydrogens is 422 g/mol. The van der Waals surface area contributed by atoms with E-state index in [-0.39, 0.29) is 15.9 Å². The minimum Gasteiger partial charge on any atom is -0.332 e. The molecule has 0 atom stereocenters. The summed E-state index contributed by atoms with van der Waals surface area (Å²) >= 11 is 13.3. The summed E-state index contributed by atoms with van der Waals surface area (Å²) in [7, 11) is 0. The van der Waals surface area contributed by atoms with Gasteiger partial charge in [0.15, 0.2) is 5.16 Å². The highest BCUT2D eigenvalue weighted by atomic mass is 35.5. The van der Waals surface area contributed by atoms with Gasteiger partial charge >= 0.3 is 0 Å². The van der Waals surface area contributed by atoms with Crippen LogP contribution in [0.3, 0.4) is 0 Å². The Labute approximate surface area is 170 Å². The van der Waals surface area contributed by atoms with Crippen molar-refractivity contribution in [2.45, 2.75) is 10.1 Å². The second-order valence-corrected chi connectivity index (χ2v) is 7.94. The van der Waals surface area contributed by atoms with Gasteiger partial charge in [0.1, 0.15) is 16.1 Å². The molecule has 0 unspecified atom stereocenters. The van der Waals surface area contributed by atoms with Crippen LogP contribution in [0.4, 0.5) is 4.39 Å². The number of rotatable bonds is 2. The lowest BCUT2D eigenvalue weighted by Crippen LogP contribution is -2.05. The van der Waals surface area contributed by atoms with Crippen molar-refractivity contribution < 1.29 is 4.39 Å². The number of hydrogen-bond donors (Lipinski definition) is 2. The normalized spacial score (nSPS) is 11.7. The highest BCUT2D eigenvalue weighted by molar-refractivity contribution is 7.99. The summed E-state index contributed by atoms with van der Waals surface area (Å²) in [6.07, 6.45) is 1.55. The number of halogens is 3. The average molecular weight is 431 g/mol. The molecule has 5 rings (SSSR count). The number of hydrogen-bond acceptors (Lipinski definition) is 4. The highest BCUT2D eigenvalue weighted by Crippen LogP contribution is 2.36. The molecule has 5 nitrogen and oxygen atoms in total. The summed E-state index contributed by atoms with van der Waals surface area (Å²) < 4.78 is 13.9. The molecule has 0 saturated heterocycles. The van der Waals surface area contributed by atoms with E-state index in [1.54, 1.807) is 30.5 Å². The van der Waals surface area contributed by atoms with Crippen LogP contribution in [0.25, 0.3) is 32.6 Å². The number of aromatic amines is 2. The van der Waals surface area contributed by atoms with Gasteiger partial charge < -0.3 is 9.97 Å². The van der Waals surface area contributed by atoms with Crippen molar-refractivity contribution in [2.24, 2.45) is 0 Å². The smallest absolute Gasteiger partial charge is 0.256 e. The number of aromatic nitrogens is 4. The molecule has 0 bridgehead atoms. The minimum absolute atomic E-state index is 0.281. The maximum Gasteiger partial charge on any atom is 0.256 e. The average Bonchev–Trinajstić information content (AvgIpc) is 3.04. The molecule has 28 heavy (non-hydrogen) atoms. The van der Waals surface area contributed by atoms with Crippen molar-refractivity contribution in [3.05, 3.63) is 69.1 Å². The molecule has 0 spiro atoms. The first-order valence-corrected chi connectivity index (χ1v) is 9.70. The molecule has 138 valence electrons. The maximum atomic E-state index is 13.9. The van der Waals surface area contributed by atoms with E-state index in [4.69, 9.17) is 23.2 Å². The van der Waals surface area contributed by atoms with Gasteiger partial charge in [-0.05, 0) is 36.4 Å². The van der Waals surface area contributed by atoms with Crippen molar-refractivity contribution >= 4 is 67.5 Å². The Morgan fingerprint density at radius 1 is 0.964 bits per heavy atom. The molecule has 2 N–H and O–H groups in total. The fraction of sp³-hybridized carbons (Fsp3) is 0. The third kappa shape index (κ3) is 2.83. The topological polar surface area (TPSA) is 74.4 Å². The number of H-pyrrole nitrogens is 2. The van der Waals surface area contributed by atoms with Gasteiger partial charge in [-0.1, -0.05) is 35.0 Å². The van der Waals surface area contributed by atoms with Crippen LogP contribution in [0.1, 0.15) is 0 Å². The van der Waals surface area contributed by atoms with Crippen LogP contribution in [0.5, 0.6) is 0 Å². The van der Waals surface area contributed by atoms with E-state index < -0.39 is 5.82 Å². The second kappa shape index (κ2) is 6.48. The Morgan fingerprint density at radius 2 is 1.75 bits per heavy atom. The van der Waals surface area contributed by atoms with Gasteiger partial charge in [-0.3, -0.25) is 4.79 Å². The molecule has 3 aromatic heterocycles. The summed E-state index contributed by atoms with van der Waals surface area (Å²) in [5.41, 5.74) is 1.07. The van der Waals surface area contributed by atoms with Crippen LogP contribution >= 0.6 is 35.0 Å². The van der Waals surface area contributed by atoms with Crippen molar-refractivity contribution in [2.75, 3.05) is 0 Å². The lowest BCUT2D eigenvalue weighted by atomic mass is 10.0. The van der Waals surface area contributed by atoms with E-state index >= 15 is 0 Å². The highest BCUT2D eigenvalue weighted by Gasteiger charge is 2.16.